The highest BCUT2D eigenvalue weighted by atomic mass is 79.9. The first kappa shape index (κ1) is 9.49. The minimum absolute atomic E-state index is 0.350. The molecule has 0 saturated carbocycles. The third kappa shape index (κ3) is 2.73. The topological polar surface area (TPSA) is 18.5 Å². The molecular weight excluding hydrogens is 208 g/mol. The van der Waals surface area contributed by atoms with E-state index in [0.29, 0.717) is 12.0 Å². The first-order valence-electron chi connectivity index (χ1n) is 4.13. The van der Waals surface area contributed by atoms with E-state index in [9.17, 15) is 0 Å². The molecular formula is C8H15BrO2. The maximum atomic E-state index is 5.55. The predicted octanol–water partition coefficient (Wildman–Crippen LogP) is 1.82. The van der Waals surface area contributed by atoms with Gasteiger partial charge >= 0.3 is 0 Å². The van der Waals surface area contributed by atoms with Gasteiger partial charge in [0.25, 0.3) is 0 Å². The Hall–Kier alpha value is 0.400. The van der Waals surface area contributed by atoms with Gasteiger partial charge in [0.1, 0.15) is 0 Å². The van der Waals surface area contributed by atoms with Crippen molar-refractivity contribution in [1.29, 1.82) is 0 Å². The van der Waals surface area contributed by atoms with Crippen LogP contribution in [0.15, 0.2) is 0 Å². The smallest absolute Gasteiger partial charge is 0.0722 e. The summed E-state index contributed by atoms with van der Waals surface area (Å²) in [4.78, 5) is 0. The third-order valence-corrected chi connectivity index (χ3v) is 2.66. The van der Waals surface area contributed by atoms with Gasteiger partial charge in [-0.3, -0.25) is 0 Å². The molecule has 1 aliphatic heterocycles. The molecule has 1 heterocycles. The Labute approximate surface area is 76.4 Å². The first-order chi connectivity index (χ1) is 5.38. The highest BCUT2D eigenvalue weighted by Crippen LogP contribution is 2.20. The van der Waals surface area contributed by atoms with Crippen molar-refractivity contribution in [2.45, 2.75) is 19.4 Å². The summed E-state index contributed by atoms with van der Waals surface area (Å²) < 4.78 is 10.8. The zero-order chi connectivity index (χ0) is 8.10. The molecule has 1 aliphatic rings. The molecule has 0 N–H and O–H groups in total. The molecule has 66 valence electrons. The van der Waals surface area contributed by atoms with Crippen molar-refractivity contribution in [2.24, 2.45) is 5.92 Å². The van der Waals surface area contributed by atoms with Gasteiger partial charge in [-0.15, -0.1) is 0 Å². The van der Waals surface area contributed by atoms with Gasteiger partial charge in [-0.25, -0.2) is 0 Å². The van der Waals surface area contributed by atoms with E-state index in [-0.39, 0.29) is 0 Å². The van der Waals surface area contributed by atoms with Crippen molar-refractivity contribution in [3.05, 3.63) is 0 Å². The quantitative estimate of drug-likeness (QED) is 0.677. The third-order valence-electron chi connectivity index (χ3n) is 2.02. The highest BCUT2D eigenvalue weighted by Gasteiger charge is 2.24. The van der Waals surface area contributed by atoms with Crippen LogP contribution in [0, 0.1) is 5.92 Å². The molecule has 1 saturated heterocycles. The molecule has 0 aliphatic carbocycles. The van der Waals surface area contributed by atoms with Crippen LogP contribution < -0.4 is 0 Å². The Morgan fingerprint density at radius 1 is 1.73 bits per heavy atom. The number of ether oxygens (including phenoxy) is 2. The van der Waals surface area contributed by atoms with Crippen molar-refractivity contribution in [2.75, 3.05) is 25.2 Å². The molecule has 0 amide bonds. The van der Waals surface area contributed by atoms with Crippen LogP contribution in [-0.2, 0) is 9.47 Å². The summed E-state index contributed by atoms with van der Waals surface area (Å²) in [7, 11) is 0. The number of rotatable bonds is 4. The lowest BCUT2D eigenvalue weighted by Gasteiger charge is -2.19. The molecule has 0 aromatic carbocycles. The molecule has 11 heavy (non-hydrogen) atoms. The van der Waals surface area contributed by atoms with Crippen molar-refractivity contribution < 1.29 is 9.47 Å². The lowest BCUT2D eigenvalue weighted by molar-refractivity contribution is 0.0325. The Kier molecular flexibility index (Phi) is 4.41. The summed E-state index contributed by atoms with van der Waals surface area (Å²) in [5, 5.41) is 0.925. The van der Waals surface area contributed by atoms with Crippen molar-refractivity contribution in [1.82, 2.24) is 0 Å². The molecule has 2 unspecified atom stereocenters. The van der Waals surface area contributed by atoms with Crippen LogP contribution in [0.4, 0.5) is 0 Å². The lowest BCUT2D eigenvalue weighted by atomic mass is 10.0. The largest absolute Gasteiger partial charge is 0.381 e. The number of alkyl halides is 1. The van der Waals surface area contributed by atoms with E-state index in [4.69, 9.17) is 9.47 Å². The summed E-state index contributed by atoms with van der Waals surface area (Å²) in [5.41, 5.74) is 0. The zero-order valence-corrected chi connectivity index (χ0v) is 8.47. The van der Waals surface area contributed by atoms with Crippen LogP contribution in [0.25, 0.3) is 0 Å². The molecule has 1 rings (SSSR count). The van der Waals surface area contributed by atoms with E-state index in [1.807, 2.05) is 6.92 Å². The Balaban J connectivity index is 2.27. The molecule has 3 heteroatoms. The maximum Gasteiger partial charge on any atom is 0.0722 e. The SMILES string of the molecule is CCOC(CBr)C1CCOC1. The van der Waals surface area contributed by atoms with Gasteiger partial charge in [0, 0.05) is 24.5 Å². The first-order valence-corrected chi connectivity index (χ1v) is 5.26. The van der Waals surface area contributed by atoms with E-state index in [2.05, 4.69) is 15.9 Å². The molecule has 0 aromatic rings. The molecule has 2 nitrogen and oxygen atoms in total. The van der Waals surface area contributed by atoms with Crippen molar-refractivity contribution in [3.63, 3.8) is 0 Å². The molecule has 0 aromatic heterocycles. The fraction of sp³-hybridized carbons (Fsp3) is 1.00. The van der Waals surface area contributed by atoms with Gasteiger partial charge in [-0.2, -0.15) is 0 Å². The van der Waals surface area contributed by atoms with E-state index in [1.54, 1.807) is 0 Å². The van der Waals surface area contributed by atoms with Gasteiger partial charge in [0.15, 0.2) is 0 Å². The monoisotopic (exact) mass is 222 g/mol. The summed E-state index contributed by atoms with van der Waals surface area (Å²) in [6, 6.07) is 0. The summed E-state index contributed by atoms with van der Waals surface area (Å²) >= 11 is 3.45. The van der Waals surface area contributed by atoms with Crippen molar-refractivity contribution >= 4 is 15.9 Å². The average molecular weight is 223 g/mol. The van der Waals surface area contributed by atoms with Gasteiger partial charge in [0.2, 0.25) is 0 Å². The number of hydrogen-bond acceptors (Lipinski definition) is 2. The van der Waals surface area contributed by atoms with Crippen LogP contribution in [0.3, 0.4) is 0 Å². The van der Waals surface area contributed by atoms with Crippen LogP contribution in [0.5, 0.6) is 0 Å². The maximum absolute atomic E-state index is 5.55. The molecule has 1 fully saturated rings. The standard InChI is InChI=1S/C8H15BrO2/c1-2-11-8(5-9)7-3-4-10-6-7/h7-8H,2-6H2,1H3. The molecule has 2 atom stereocenters. The number of hydrogen-bond donors (Lipinski definition) is 0. The lowest BCUT2D eigenvalue weighted by Crippen LogP contribution is -2.25. The van der Waals surface area contributed by atoms with E-state index >= 15 is 0 Å². The van der Waals surface area contributed by atoms with Crippen LogP contribution in [-0.4, -0.2) is 31.3 Å². The Morgan fingerprint density at radius 2 is 2.55 bits per heavy atom. The Morgan fingerprint density at radius 3 is 3.00 bits per heavy atom. The molecule has 0 spiro atoms. The van der Waals surface area contributed by atoms with E-state index in [1.165, 1.54) is 0 Å². The van der Waals surface area contributed by atoms with Crippen LogP contribution >= 0.6 is 15.9 Å². The van der Waals surface area contributed by atoms with Gasteiger partial charge in [-0.05, 0) is 13.3 Å². The second-order valence-corrected chi connectivity index (χ2v) is 3.42. The second kappa shape index (κ2) is 5.12. The van der Waals surface area contributed by atoms with E-state index < -0.39 is 0 Å². The molecule has 0 bridgehead atoms. The normalized spacial score (nSPS) is 27.3. The molecule has 0 radical (unpaired) electrons. The van der Waals surface area contributed by atoms with Gasteiger partial charge in [0.05, 0.1) is 12.7 Å². The predicted molar refractivity (Wildman–Crippen MR) is 48.1 cm³/mol. The summed E-state index contributed by atoms with van der Waals surface area (Å²) in [6.45, 7) is 4.61. The van der Waals surface area contributed by atoms with Crippen LogP contribution in [0.2, 0.25) is 0 Å². The van der Waals surface area contributed by atoms with Crippen molar-refractivity contribution in [3.8, 4) is 0 Å². The zero-order valence-electron chi connectivity index (χ0n) is 6.88. The minimum Gasteiger partial charge on any atom is -0.381 e. The minimum atomic E-state index is 0.350. The average Bonchev–Trinajstić information content (AvgIpc) is 2.52. The summed E-state index contributed by atoms with van der Waals surface area (Å²) in [6.07, 6.45) is 1.50. The fourth-order valence-electron chi connectivity index (χ4n) is 1.37. The number of halogens is 1. The van der Waals surface area contributed by atoms with Gasteiger partial charge < -0.3 is 9.47 Å². The van der Waals surface area contributed by atoms with Crippen LogP contribution in [0.1, 0.15) is 13.3 Å². The summed E-state index contributed by atoms with van der Waals surface area (Å²) in [5.74, 6) is 0.606. The van der Waals surface area contributed by atoms with Gasteiger partial charge in [-0.1, -0.05) is 15.9 Å². The fourth-order valence-corrected chi connectivity index (χ4v) is 2.08. The Bertz CT molecular complexity index is 102. The second-order valence-electron chi connectivity index (χ2n) is 2.77. The highest BCUT2D eigenvalue weighted by molar-refractivity contribution is 9.09. The van der Waals surface area contributed by atoms with E-state index in [0.717, 1.165) is 31.6 Å².